The Morgan fingerprint density at radius 1 is 1.21 bits per heavy atom. The number of aliphatic imine (C=N–C) groups is 1. The number of amides is 1. The van der Waals surface area contributed by atoms with Crippen molar-refractivity contribution in [1.82, 2.24) is 15.5 Å². The molecule has 1 amide bonds. The van der Waals surface area contributed by atoms with E-state index in [1.165, 1.54) is 12.8 Å². The molecule has 2 atom stereocenters. The van der Waals surface area contributed by atoms with Crippen LogP contribution < -0.4 is 10.6 Å². The van der Waals surface area contributed by atoms with Crippen molar-refractivity contribution in [2.24, 2.45) is 10.9 Å². The minimum absolute atomic E-state index is 0.00378. The number of hydrogen-bond donors (Lipinski definition) is 2. The maximum atomic E-state index is 11.8. The van der Waals surface area contributed by atoms with Crippen LogP contribution in [0.2, 0.25) is 0 Å². The van der Waals surface area contributed by atoms with E-state index in [0.717, 1.165) is 52.2 Å². The second kappa shape index (κ2) is 10.5. The Morgan fingerprint density at radius 2 is 2.08 bits per heavy atom. The van der Waals surface area contributed by atoms with E-state index in [9.17, 15) is 4.79 Å². The molecule has 2 fully saturated rings. The fraction of sp³-hybridized carbons (Fsp3) is 0.882. The van der Waals surface area contributed by atoms with Gasteiger partial charge in [-0.1, -0.05) is 0 Å². The highest BCUT2D eigenvalue weighted by Gasteiger charge is 2.17. The van der Waals surface area contributed by atoms with E-state index in [-0.39, 0.29) is 12.5 Å². The number of hydrogen-bond acceptors (Lipinski definition) is 4. The van der Waals surface area contributed by atoms with Crippen LogP contribution in [0.1, 0.15) is 32.1 Å². The molecule has 0 spiro atoms. The third kappa shape index (κ3) is 7.05. The summed E-state index contributed by atoms with van der Waals surface area (Å²) in [7, 11) is 3.49. The molecule has 2 saturated heterocycles. The van der Waals surface area contributed by atoms with Crippen molar-refractivity contribution in [3.05, 3.63) is 0 Å². The first kappa shape index (κ1) is 19.0. The summed E-state index contributed by atoms with van der Waals surface area (Å²) in [5.74, 6) is 1.21. The molecular weight excluding hydrogens is 308 g/mol. The molecule has 2 aliphatic heterocycles. The quantitative estimate of drug-likeness (QED) is 0.524. The van der Waals surface area contributed by atoms with E-state index in [1.807, 2.05) is 0 Å². The Balaban J connectivity index is 1.76. The second-order valence-corrected chi connectivity index (χ2v) is 6.77. The minimum atomic E-state index is -0.00378. The molecule has 2 N–H and O–H groups in total. The summed E-state index contributed by atoms with van der Waals surface area (Å²) < 4.78 is 11.2. The van der Waals surface area contributed by atoms with Gasteiger partial charge in [-0.05, 0) is 32.1 Å². The molecule has 138 valence electrons. The molecule has 2 aliphatic rings. The van der Waals surface area contributed by atoms with E-state index in [1.54, 1.807) is 19.0 Å². The van der Waals surface area contributed by atoms with Gasteiger partial charge in [0.15, 0.2) is 5.96 Å². The molecule has 24 heavy (non-hydrogen) atoms. The maximum Gasteiger partial charge on any atom is 0.243 e. The molecule has 2 rings (SSSR count). The number of carbonyl (C=O) groups excluding carboxylic acids is 1. The molecule has 0 aromatic carbocycles. The first-order valence-corrected chi connectivity index (χ1v) is 9.07. The van der Waals surface area contributed by atoms with Crippen molar-refractivity contribution >= 4 is 11.9 Å². The van der Waals surface area contributed by atoms with Gasteiger partial charge in [-0.15, -0.1) is 0 Å². The second-order valence-electron chi connectivity index (χ2n) is 6.77. The smallest absolute Gasteiger partial charge is 0.243 e. The molecule has 0 aromatic rings. The predicted octanol–water partition coefficient (Wildman–Crippen LogP) is 0.606. The molecular formula is C17H32N4O3. The van der Waals surface area contributed by atoms with Crippen molar-refractivity contribution < 1.29 is 14.3 Å². The highest BCUT2D eigenvalue weighted by molar-refractivity contribution is 5.84. The van der Waals surface area contributed by atoms with Crippen LogP contribution in [0.4, 0.5) is 0 Å². The summed E-state index contributed by atoms with van der Waals surface area (Å²) in [6.07, 6.45) is 5.96. The van der Waals surface area contributed by atoms with Crippen LogP contribution in [0.15, 0.2) is 4.99 Å². The number of ether oxygens (including phenoxy) is 2. The number of rotatable bonds is 7. The van der Waals surface area contributed by atoms with Crippen LogP contribution in [0, 0.1) is 5.92 Å². The Hall–Kier alpha value is -1.34. The molecule has 0 aliphatic carbocycles. The van der Waals surface area contributed by atoms with Crippen LogP contribution in [0.3, 0.4) is 0 Å². The lowest BCUT2D eigenvalue weighted by molar-refractivity contribution is -0.127. The number of carbonyl (C=O) groups is 1. The topological polar surface area (TPSA) is 75.2 Å². The van der Waals surface area contributed by atoms with E-state index in [4.69, 9.17) is 9.47 Å². The number of guanidine groups is 1. The van der Waals surface area contributed by atoms with Gasteiger partial charge in [0, 0.05) is 46.3 Å². The highest BCUT2D eigenvalue weighted by atomic mass is 16.5. The van der Waals surface area contributed by atoms with E-state index in [2.05, 4.69) is 15.6 Å². The van der Waals surface area contributed by atoms with Gasteiger partial charge in [-0.2, -0.15) is 0 Å². The van der Waals surface area contributed by atoms with Gasteiger partial charge in [0.1, 0.15) is 6.54 Å². The van der Waals surface area contributed by atoms with Crippen LogP contribution in [-0.4, -0.2) is 76.4 Å². The van der Waals surface area contributed by atoms with Gasteiger partial charge in [-0.25, -0.2) is 4.99 Å². The lowest BCUT2D eigenvalue weighted by atomic mass is 10.1. The molecule has 0 saturated carbocycles. The average Bonchev–Trinajstić information content (AvgIpc) is 3.10. The fourth-order valence-electron chi connectivity index (χ4n) is 2.83. The van der Waals surface area contributed by atoms with Crippen molar-refractivity contribution in [3.8, 4) is 0 Å². The van der Waals surface area contributed by atoms with E-state index < -0.39 is 0 Å². The molecule has 2 unspecified atom stereocenters. The Kier molecular flexibility index (Phi) is 8.32. The van der Waals surface area contributed by atoms with Crippen LogP contribution >= 0.6 is 0 Å². The summed E-state index contributed by atoms with van der Waals surface area (Å²) >= 11 is 0. The summed E-state index contributed by atoms with van der Waals surface area (Å²) in [5.41, 5.74) is 0. The molecule has 0 bridgehead atoms. The number of nitrogens with one attached hydrogen (secondary N) is 2. The first-order valence-electron chi connectivity index (χ1n) is 9.07. The molecule has 7 heteroatoms. The van der Waals surface area contributed by atoms with E-state index in [0.29, 0.717) is 18.0 Å². The average molecular weight is 340 g/mol. The van der Waals surface area contributed by atoms with Crippen molar-refractivity contribution in [2.45, 2.75) is 38.2 Å². The minimum Gasteiger partial charge on any atom is -0.381 e. The summed E-state index contributed by atoms with van der Waals surface area (Å²) in [6.45, 7) is 4.29. The van der Waals surface area contributed by atoms with Gasteiger partial charge in [0.05, 0.1) is 12.7 Å². The zero-order valence-corrected chi connectivity index (χ0v) is 15.1. The summed E-state index contributed by atoms with van der Waals surface area (Å²) in [4.78, 5) is 17.7. The molecule has 0 aromatic heterocycles. The summed E-state index contributed by atoms with van der Waals surface area (Å²) in [6, 6.07) is 0. The van der Waals surface area contributed by atoms with Gasteiger partial charge >= 0.3 is 0 Å². The number of nitrogens with zero attached hydrogens (tertiary/aromatic N) is 2. The lowest BCUT2D eigenvalue weighted by Gasteiger charge is -2.23. The SMILES string of the molecule is CN(C)C(=O)CN=C(NCCC1CCCCO1)NCC1CCOC1. The van der Waals surface area contributed by atoms with Gasteiger partial charge < -0.3 is 25.0 Å². The Bertz CT molecular complexity index is 403. The highest BCUT2D eigenvalue weighted by Crippen LogP contribution is 2.14. The van der Waals surface area contributed by atoms with E-state index >= 15 is 0 Å². The molecule has 2 heterocycles. The third-order valence-electron chi connectivity index (χ3n) is 4.49. The van der Waals surface area contributed by atoms with Gasteiger partial charge in [-0.3, -0.25) is 4.79 Å². The summed E-state index contributed by atoms with van der Waals surface area (Å²) in [5, 5.41) is 6.67. The van der Waals surface area contributed by atoms with Gasteiger partial charge in [0.2, 0.25) is 5.91 Å². The predicted molar refractivity (Wildman–Crippen MR) is 94.1 cm³/mol. The normalized spacial score (nSPS) is 24.7. The van der Waals surface area contributed by atoms with Crippen LogP contribution in [0.5, 0.6) is 0 Å². The zero-order chi connectivity index (χ0) is 17.2. The maximum absolute atomic E-state index is 11.8. The van der Waals surface area contributed by atoms with Crippen LogP contribution in [-0.2, 0) is 14.3 Å². The standard InChI is InChI=1S/C17H32N4O3/c1-21(2)16(22)12-20-17(19-11-14-7-10-23-13-14)18-8-6-15-5-3-4-9-24-15/h14-15H,3-13H2,1-2H3,(H2,18,19,20). The van der Waals surface area contributed by atoms with Gasteiger partial charge in [0.25, 0.3) is 0 Å². The number of likely N-dealkylation sites (N-methyl/N-ethyl adjacent to an activating group) is 1. The molecule has 0 radical (unpaired) electrons. The Labute approximate surface area is 145 Å². The largest absolute Gasteiger partial charge is 0.381 e. The Morgan fingerprint density at radius 3 is 2.75 bits per heavy atom. The van der Waals surface area contributed by atoms with Crippen molar-refractivity contribution in [1.29, 1.82) is 0 Å². The zero-order valence-electron chi connectivity index (χ0n) is 15.1. The first-order chi connectivity index (χ1) is 11.6. The third-order valence-corrected chi connectivity index (χ3v) is 4.49. The lowest BCUT2D eigenvalue weighted by Crippen LogP contribution is -2.42. The van der Waals surface area contributed by atoms with Crippen LogP contribution in [0.25, 0.3) is 0 Å². The molecule has 7 nitrogen and oxygen atoms in total. The monoisotopic (exact) mass is 340 g/mol. The van der Waals surface area contributed by atoms with Crippen molar-refractivity contribution in [3.63, 3.8) is 0 Å². The van der Waals surface area contributed by atoms with Crippen molar-refractivity contribution in [2.75, 3.05) is 53.6 Å². The fourth-order valence-corrected chi connectivity index (χ4v) is 2.83.